The summed E-state index contributed by atoms with van der Waals surface area (Å²) in [7, 11) is 1.64. The molecule has 0 bridgehead atoms. The summed E-state index contributed by atoms with van der Waals surface area (Å²) < 4.78 is 6.14. The summed E-state index contributed by atoms with van der Waals surface area (Å²) >= 11 is 1.54. The number of amides is 2. The summed E-state index contributed by atoms with van der Waals surface area (Å²) in [6, 6.07) is 20.2. The zero-order chi connectivity index (χ0) is 21.1. The van der Waals surface area contributed by atoms with Crippen molar-refractivity contribution < 1.29 is 14.3 Å². The third-order valence-electron chi connectivity index (χ3n) is 4.45. The van der Waals surface area contributed by atoms with Crippen LogP contribution in [0, 0.1) is 0 Å². The van der Waals surface area contributed by atoms with Gasteiger partial charge in [-0.25, -0.2) is 4.98 Å². The maximum atomic E-state index is 12.7. The van der Waals surface area contributed by atoms with E-state index < -0.39 is 0 Å². The minimum Gasteiger partial charge on any atom is -0.497 e. The number of carbonyl (C=O) groups excluding carboxylic acids is 2. The van der Waals surface area contributed by atoms with E-state index in [1.54, 1.807) is 37.4 Å². The largest absolute Gasteiger partial charge is 0.497 e. The third kappa shape index (κ3) is 4.31. The maximum Gasteiger partial charge on any atom is 0.255 e. The monoisotopic (exact) mass is 417 g/mol. The van der Waals surface area contributed by atoms with E-state index in [0.717, 1.165) is 26.5 Å². The number of aromatic nitrogens is 1. The van der Waals surface area contributed by atoms with Crippen LogP contribution in [0.5, 0.6) is 5.75 Å². The van der Waals surface area contributed by atoms with Gasteiger partial charge in [-0.1, -0.05) is 0 Å². The van der Waals surface area contributed by atoms with E-state index in [-0.39, 0.29) is 11.8 Å². The van der Waals surface area contributed by atoms with Gasteiger partial charge in [-0.2, -0.15) is 0 Å². The smallest absolute Gasteiger partial charge is 0.255 e. The molecule has 0 aliphatic rings. The molecule has 0 saturated heterocycles. The Morgan fingerprint density at radius 1 is 0.900 bits per heavy atom. The highest BCUT2D eigenvalue weighted by molar-refractivity contribution is 7.21. The summed E-state index contributed by atoms with van der Waals surface area (Å²) in [6.07, 6.45) is 0. The number of hydrogen-bond acceptors (Lipinski definition) is 5. The highest BCUT2D eigenvalue weighted by Crippen LogP contribution is 2.31. The van der Waals surface area contributed by atoms with Crippen molar-refractivity contribution in [2.75, 3.05) is 17.7 Å². The van der Waals surface area contributed by atoms with Crippen molar-refractivity contribution in [3.05, 3.63) is 72.3 Å². The predicted octanol–water partition coefficient (Wildman–Crippen LogP) is 5.18. The van der Waals surface area contributed by atoms with E-state index in [9.17, 15) is 9.59 Å². The van der Waals surface area contributed by atoms with Gasteiger partial charge in [-0.05, 0) is 66.7 Å². The van der Waals surface area contributed by atoms with Gasteiger partial charge >= 0.3 is 0 Å². The lowest BCUT2D eigenvalue weighted by Gasteiger charge is -2.07. The molecule has 30 heavy (non-hydrogen) atoms. The number of hydrogen-bond donors (Lipinski definition) is 2. The van der Waals surface area contributed by atoms with Crippen molar-refractivity contribution >= 4 is 44.7 Å². The lowest BCUT2D eigenvalue weighted by Crippen LogP contribution is -2.12. The molecule has 7 heteroatoms. The molecular weight excluding hydrogens is 398 g/mol. The fraction of sp³-hybridized carbons (Fsp3) is 0.0870. The Morgan fingerprint density at radius 3 is 2.20 bits per heavy atom. The molecule has 0 aliphatic carbocycles. The fourth-order valence-electron chi connectivity index (χ4n) is 2.97. The second kappa shape index (κ2) is 8.34. The summed E-state index contributed by atoms with van der Waals surface area (Å²) in [5.41, 5.74) is 3.73. The van der Waals surface area contributed by atoms with Gasteiger partial charge in [0.1, 0.15) is 10.8 Å². The van der Waals surface area contributed by atoms with E-state index >= 15 is 0 Å². The first-order chi connectivity index (χ1) is 14.5. The number of anilines is 2. The number of fused-ring (bicyclic) bond motifs is 1. The van der Waals surface area contributed by atoms with Crippen molar-refractivity contribution in [2.45, 2.75) is 6.92 Å². The van der Waals surface area contributed by atoms with Crippen LogP contribution in [-0.2, 0) is 4.79 Å². The van der Waals surface area contributed by atoms with Crippen LogP contribution in [0.4, 0.5) is 11.4 Å². The molecule has 0 saturated carbocycles. The van der Waals surface area contributed by atoms with Crippen molar-refractivity contribution in [1.82, 2.24) is 4.98 Å². The second-order valence-corrected chi connectivity index (χ2v) is 7.67. The summed E-state index contributed by atoms with van der Waals surface area (Å²) in [5.74, 6) is 0.450. The van der Waals surface area contributed by atoms with Gasteiger partial charge in [0, 0.05) is 29.4 Å². The SMILES string of the molecule is COc1ccc(-c2nc3ccc(C(=O)Nc4ccc(NC(C)=O)cc4)cc3s2)cc1. The molecule has 1 aromatic heterocycles. The van der Waals surface area contributed by atoms with Crippen molar-refractivity contribution in [2.24, 2.45) is 0 Å². The summed E-state index contributed by atoms with van der Waals surface area (Å²) in [5, 5.41) is 6.46. The Balaban J connectivity index is 1.52. The molecule has 3 aromatic carbocycles. The van der Waals surface area contributed by atoms with E-state index in [4.69, 9.17) is 4.74 Å². The molecule has 0 spiro atoms. The number of ether oxygens (including phenoxy) is 1. The third-order valence-corrected chi connectivity index (χ3v) is 5.52. The van der Waals surface area contributed by atoms with Crippen LogP contribution in [0.15, 0.2) is 66.7 Å². The lowest BCUT2D eigenvalue weighted by molar-refractivity contribution is -0.114. The Bertz CT molecular complexity index is 1210. The number of benzene rings is 3. The first-order valence-corrected chi connectivity index (χ1v) is 10.1. The quantitative estimate of drug-likeness (QED) is 0.469. The highest BCUT2D eigenvalue weighted by atomic mass is 32.1. The van der Waals surface area contributed by atoms with Crippen molar-refractivity contribution in [3.8, 4) is 16.3 Å². The molecule has 2 amide bonds. The van der Waals surface area contributed by atoms with E-state index in [1.165, 1.54) is 18.3 Å². The Hall–Kier alpha value is -3.71. The van der Waals surface area contributed by atoms with E-state index in [0.29, 0.717) is 16.9 Å². The molecule has 6 nitrogen and oxygen atoms in total. The van der Waals surface area contributed by atoms with Gasteiger partial charge in [0.25, 0.3) is 5.91 Å². The van der Waals surface area contributed by atoms with Gasteiger partial charge in [0.05, 0.1) is 17.3 Å². The molecule has 0 unspecified atom stereocenters. The number of thiazole rings is 1. The molecule has 0 atom stereocenters. The number of carbonyl (C=O) groups is 2. The van der Waals surface area contributed by atoms with Crippen LogP contribution >= 0.6 is 11.3 Å². The molecule has 0 aliphatic heterocycles. The Labute approximate surface area is 177 Å². The Morgan fingerprint density at radius 2 is 1.57 bits per heavy atom. The average molecular weight is 417 g/mol. The predicted molar refractivity (Wildman–Crippen MR) is 120 cm³/mol. The zero-order valence-corrected chi connectivity index (χ0v) is 17.2. The highest BCUT2D eigenvalue weighted by Gasteiger charge is 2.11. The van der Waals surface area contributed by atoms with Crippen LogP contribution in [0.1, 0.15) is 17.3 Å². The molecule has 4 rings (SSSR count). The number of nitrogens with one attached hydrogen (secondary N) is 2. The zero-order valence-electron chi connectivity index (χ0n) is 16.4. The normalized spacial score (nSPS) is 10.6. The van der Waals surface area contributed by atoms with Gasteiger partial charge < -0.3 is 15.4 Å². The number of methoxy groups -OCH3 is 1. The Kier molecular flexibility index (Phi) is 5.45. The minimum absolute atomic E-state index is 0.140. The molecule has 0 radical (unpaired) electrons. The van der Waals surface area contributed by atoms with Crippen molar-refractivity contribution in [1.29, 1.82) is 0 Å². The van der Waals surface area contributed by atoms with Gasteiger partial charge in [0.15, 0.2) is 0 Å². The standard InChI is InChI=1S/C23H19N3O3S/c1-14(27)24-17-6-8-18(9-7-17)25-22(28)16-5-12-20-21(13-16)30-23(26-20)15-3-10-19(29-2)11-4-15/h3-13H,1-2H3,(H,24,27)(H,25,28). The lowest BCUT2D eigenvalue weighted by atomic mass is 10.2. The minimum atomic E-state index is -0.205. The fourth-order valence-corrected chi connectivity index (χ4v) is 3.98. The molecule has 4 aromatic rings. The van der Waals surface area contributed by atoms with E-state index in [1.807, 2.05) is 36.4 Å². The summed E-state index contributed by atoms with van der Waals surface area (Å²) in [4.78, 5) is 28.4. The second-order valence-electron chi connectivity index (χ2n) is 6.64. The van der Waals surface area contributed by atoms with Crippen LogP contribution in [0.3, 0.4) is 0 Å². The topological polar surface area (TPSA) is 80.3 Å². The molecule has 1 heterocycles. The van der Waals surface area contributed by atoms with Gasteiger partial charge in [-0.15, -0.1) is 11.3 Å². The van der Waals surface area contributed by atoms with Crippen LogP contribution in [0.25, 0.3) is 20.8 Å². The maximum absolute atomic E-state index is 12.7. The van der Waals surface area contributed by atoms with Gasteiger partial charge in [0.2, 0.25) is 5.91 Å². The van der Waals surface area contributed by atoms with E-state index in [2.05, 4.69) is 15.6 Å². The molecular formula is C23H19N3O3S. The van der Waals surface area contributed by atoms with Crippen LogP contribution in [-0.4, -0.2) is 23.9 Å². The van der Waals surface area contributed by atoms with Crippen LogP contribution in [0.2, 0.25) is 0 Å². The number of rotatable bonds is 5. The number of nitrogens with zero attached hydrogens (tertiary/aromatic N) is 1. The summed E-state index contributed by atoms with van der Waals surface area (Å²) in [6.45, 7) is 1.45. The van der Waals surface area contributed by atoms with Gasteiger partial charge in [-0.3, -0.25) is 9.59 Å². The average Bonchev–Trinajstić information content (AvgIpc) is 3.18. The molecule has 0 fully saturated rings. The van der Waals surface area contributed by atoms with Crippen molar-refractivity contribution in [3.63, 3.8) is 0 Å². The molecule has 2 N–H and O–H groups in total. The molecule has 150 valence electrons. The van der Waals surface area contributed by atoms with Crippen LogP contribution < -0.4 is 15.4 Å². The first kappa shape index (κ1) is 19.6. The first-order valence-electron chi connectivity index (χ1n) is 9.26.